The van der Waals surface area contributed by atoms with E-state index in [0.717, 1.165) is 15.7 Å². The van der Waals surface area contributed by atoms with Crippen LogP contribution in [-0.4, -0.2) is 31.8 Å². The van der Waals surface area contributed by atoms with Crippen LogP contribution in [0.25, 0.3) is 5.69 Å². The summed E-state index contributed by atoms with van der Waals surface area (Å²) in [7, 11) is 1.61. The van der Waals surface area contributed by atoms with Crippen molar-refractivity contribution in [2.45, 2.75) is 17.3 Å². The summed E-state index contributed by atoms with van der Waals surface area (Å²) >= 11 is 4.99. The number of halogens is 1. The summed E-state index contributed by atoms with van der Waals surface area (Å²) in [5, 5.41) is 9.40. The van der Waals surface area contributed by atoms with Gasteiger partial charge in [0.15, 0.2) is 5.16 Å². The van der Waals surface area contributed by atoms with Gasteiger partial charge in [-0.15, -0.1) is 10.2 Å². The highest BCUT2D eigenvalue weighted by atomic mass is 79.9. The van der Waals surface area contributed by atoms with Crippen LogP contribution in [0.3, 0.4) is 0 Å². The van der Waals surface area contributed by atoms with Crippen molar-refractivity contribution < 1.29 is 4.74 Å². The number of ether oxygens (including phenoxy) is 1. The largest absolute Gasteiger partial charge is 0.497 e. The molecule has 2 heterocycles. The minimum absolute atomic E-state index is 0.238. The average molecular weight is 500 g/mol. The molecule has 4 rings (SSSR count). The maximum Gasteiger partial charge on any atom is 0.325 e. The Morgan fingerprint density at radius 2 is 1.87 bits per heavy atom. The van der Waals surface area contributed by atoms with E-state index < -0.39 is 11.2 Å². The molecular weight excluding hydrogens is 482 g/mol. The van der Waals surface area contributed by atoms with Gasteiger partial charge in [-0.05, 0) is 29.8 Å². The van der Waals surface area contributed by atoms with Crippen molar-refractivity contribution in [3.63, 3.8) is 0 Å². The summed E-state index contributed by atoms with van der Waals surface area (Å²) in [4.78, 5) is 28.2. The Hall–Kier alpha value is -3.11. The molecule has 0 unspecified atom stereocenters. The molecule has 158 valence electrons. The molecule has 2 aromatic heterocycles. The van der Waals surface area contributed by atoms with Crippen molar-refractivity contribution in [3.05, 3.63) is 97.0 Å². The maximum atomic E-state index is 11.7. The topological polar surface area (TPSA) is 106 Å². The normalized spacial score (nSPS) is 10.9. The molecule has 0 fully saturated rings. The van der Waals surface area contributed by atoms with Gasteiger partial charge in [-0.1, -0.05) is 45.9 Å². The highest BCUT2D eigenvalue weighted by molar-refractivity contribution is 9.10. The number of nitrogens with zero attached hydrogens (tertiary/aromatic N) is 3. The van der Waals surface area contributed by atoms with Crippen LogP contribution in [0.1, 0.15) is 17.1 Å². The zero-order valence-electron chi connectivity index (χ0n) is 16.5. The number of aromatic amines is 2. The molecule has 0 saturated carbocycles. The van der Waals surface area contributed by atoms with Crippen LogP contribution in [0.15, 0.2) is 73.8 Å². The number of nitrogens with one attached hydrogen (secondary N) is 2. The third kappa shape index (κ3) is 5.15. The molecule has 4 aromatic rings. The fourth-order valence-electron chi connectivity index (χ4n) is 3.03. The van der Waals surface area contributed by atoms with Crippen LogP contribution < -0.4 is 16.0 Å². The van der Waals surface area contributed by atoms with E-state index in [1.165, 1.54) is 6.07 Å². The third-order valence-corrected chi connectivity index (χ3v) is 5.99. The van der Waals surface area contributed by atoms with Gasteiger partial charge in [0.1, 0.15) is 11.6 Å². The lowest BCUT2D eigenvalue weighted by atomic mass is 10.2. The number of thioether (sulfide) groups is 1. The predicted octanol–water partition coefficient (Wildman–Crippen LogP) is 3.30. The Morgan fingerprint density at radius 1 is 1.06 bits per heavy atom. The van der Waals surface area contributed by atoms with Gasteiger partial charge < -0.3 is 9.72 Å². The Bertz CT molecular complexity index is 1290. The third-order valence-electron chi connectivity index (χ3n) is 4.46. The van der Waals surface area contributed by atoms with Crippen molar-refractivity contribution in [3.8, 4) is 11.4 Å². The van der Waals surface area contributed by atoms with Crippen molar-refractivity contribution in [1.29, 1.82) is 0 Å². The Labute approximate surface area is 189 Å². The van der Waals surface area contributed by atoms with E-state index in [1.54, 1.807) is 18.9 Å². The summed E-state index contributed by atoms with van der Waals surface area (Å²) in [6.45, 7) is 0. The first-order valence-corrected chi connectivity index (χ1v) is 11.1. The van der Waals surface area contributed by atoms with Crippen LogP contribution in [-0.2, 0) is 12.2 Å². The summed E-state index contributed by atoms with van der Waals surface area (Å²) in [5.41, 5.74) is 1.41. The van der Waals surface area contributed by atoms with Gasteiger partial charge in [0, 0.05) is 34.5 Å². The van der Waals surface area contributed by atoms with Crippen LogP contribution in [0.2, 0.25) is 0 Å². The molecule has 0 aliphatic carbocycles. The number of hydrogen-bond donors (Lipinski definition) is 2. The van der Waals surface area contributed by atoms with E-state index in [0.29, 0.717) is 28.2 Å². The van der Waals surface area contributed by atoms with E-state index in [-0.39, 0.29) is 6.42 Å². The predicted molar refractivity (Wildman–Crippen MR) is 122 cm³/mol. The zero-order valence-corrected chi connectivity index (χ0v) is 18.9. The van der Waals surface area contributed by atoms with Crippen LogP contribution >= 0.6 is 27.7 Å². The van der Waals surface area contributed by atoms with Gasteiger partial charge in [0.05, 0.1) is 12.8 Å². The van der Waals surface area contributed by atoms with Crippen molar-refractivity contribution in [2.75, 3.05) is 7.11 Å². The standard InChI is InChI=1S/C21H18BrN5O3S/c1-30-17-4-2-3-16(11-17)27-18(9-15-10-19(28)24-20(29)23-15)25-26-21(27)31-12-13-5-7-14(22)8-6-13/h2-8,10-11H,9,12H2,1H3,(H2,23,24,28,29). The molecular formula is C21H18BrN5O3S. The molecule has 2 N–H and O–H groups in total. The lowest BCUT2D eigenvalue weighted by molar-refractivity contribution is 0.414. The maximum absolute atomic E-state index is 11.7. The highest BCUT2D eigenvalue weighted by Crippen LogP contribution is 2.28. The van der Waals surface area contributed by atoms with Crippen molar-refractivity contribution in [1.82, 2.24) is 24.7 Å². The Morgan fingerprint density at radius 3 is 2.61 bits per heavy atom. The van der Waals surface area contributed by atoms with Crippen LogP contribution in [0.5, 0.6) is 5.75 Å². The summed E-state index contributed by atoms with van der Waals surface area (Å²) in [6, 6.07) is 17.0. The lowest BCUT2D eigenvalue weighted by Crippen LogP contribution is -2.23. The molecule has 31 heavy (non-hydrogen) atoms. The molecule has 2 aromatic carbocycles. The number of rotatable bonds is 7. The number of benzene rings is 2. The number of aromatic nitrogens is 5. The molecule has 0 radical (unpaired) electrons. The summed E-state index contributed by atoms with van der Waals surface area (Å²) in [5.74, 6) is 2.00. The minimum Gasteiger partial charge on any atom is -0.497 e. The van der Waals surface area contributed by atoms with Gasteiger partial charge in [0.2, 0.25) is 0 Å². The van der Waals surface area contributed by atoms with E-state index in [2.05, 4.69) is 36.1 Å². The first-order valence-electron chi connectivity index (χ1n) is 9.30. The number of methoxy groups -OCH3 is 1. The summed E-state index contributed by atoms with van der Waals surface area (Å²) in [6.07, 6.45) is 0.238. The Balaban J connectivity index is 1.71. The fourth-order valence-corrected chi connectivity index (χ4v) is 4.22. The number of hydrogen-bond acceptors (Lipinski definition) is 6. The lowest BCUT2D eigenvalue weighted by Gasteiger charge is -2.11. The summed E-state index contributed by atoms with van der Waals surface area (Å²) < 4.78 is 8.30. The van der Waals surface area contributed by atoms with Gasteiger partial charge >= 0.3 is 5.69 Å². The molecule has 10 heteroatoms. The van der Waals surface area contributed by atoms with Crippen LogP contribution in [0.4, 0.5) is 0 Å². The molecule has 0 amide bonds. The molecule has 0 spiro atoms. The molecule has 0 bridgehead atoms. The highest BCUT2D eigenvalue weighted by Gasteiger charge is 2.16. The van der Waals surface area contributed by atoms with Crippen LogP contribution in [0, 0.1) is 0 Å². The molecule has 8 nitrogen and oxygen atoms in total. The van der Waals surface area contributed by atoms with Crippen molar-refractivity contribution in [2.24, 2.45) is 0 Å². The first kappa shape index (κ1) is 21.1. The smallest absolute Gasteiger partial charge is 0.325 e. The molecule has 0 aliphatic heterocycles. The fraction of sp³-hybridized carbons (Fsp3) is 0.143. The zero-order chi connectivity index (χ0) is 21.8. The second kappa shape index (κ2) is 9.36. The minimum atomic E-state index is -0.556. The van der Waals surface area contributed by atoms with E-state index >= 15 is 0 Å². The SMILES string of the molecule is COc1cccc(-n2c(Cc3cc(=O)[nH]c(=O)[nH]3)nnc2SCc2ccc(Br)cc2)c1. The second-order valence-electron chi connectivity index (χ2n) is 6.64. The quantitative estimate of drug-likeness (QED) is 0.378. The van der Waals surface area contributed by atoms with Gasteiger partial charge in [0.25, 0.3) is 5.56 Å². The molecule has 0 atom stereocenters. The van der Waals surface area contributed by atoms with Gasteiger partial charge in [-0.25, -0.2) is 4.79 Å². The van der Waals surface area contributed by atoms with E-state index in [4.69, 9.17) is 4.74 Å². The number of H-pyrrole nitrogens is 2. The Kier molecular flexibility index (Phi) is 6.38. The second-order valence-corrected chi connectivity index (χ2v) is 8.50. The molecule has 0 saturated heterocycles. The monoisotopic (exact) mass is 499 g/mol. The van der Waals surface area contributed by atoms with E-state index in [1.807, 2.05) is 53.1 Å². The van der Waals surface area contributed by atoms with Gasteiger partial charge in [-0.3, -0.25) is 14.3 Å². The van der Waals surface area contributed by atoms with Crippen molar-refractivity contribution >= 4 is 27.7 Å². The molecule has 0 aliphatic rings. The van der Waals surface area contributed by atoms with Gasteiger partial charge in [-0.2, -0.15) is 0 Å². The average Bonchev–Trinajstić information content (AvgIpc) is 3.15. The first-order chi connectivity index (χ1) is 15.0. The van der Waals surface area contributed by atoms with E-state index in [9.17, 15) is 9.59 Å².